The molecule has 1 aromatic rings. The van der Waals surface area contributed by atoms with Crippen LogP contribution in [0.25, 0.3) is 0 Å². The molecule has 0 aromatic heterocycles. The van der Waals surface area contributed by atoms with E-state index in [0.29, 0.717) is 12.5 Å². The monoisotopic (exact) mass is 254 g/mol. The van der Waals surface area contributed by atoms with Crippen LogP contribution in [0.5, 0.6) is 0 Å². The Balaban J connectivity index is 1.76. The van der Waals surface area contributed by atoms with Crippen LogP contribution in [0.4, 0.5) is 0 Å². The first kappa shape index (κ1) is 12.5. The quantitative estimate of drug-likeness (QED) is 0.786. The second-order valence-electron chi connectivity index (χ2n) is 4.44. The van der Waals surface area contributed by atoms with Crippen LogP contribution in [-0.4, -0.2) is 27.3 Å². The van der Waals surface area contributed by atoms with E-state index in [2.05, 4.69) is 10.0 Å². The number of hydrogen-bond acceptors (Lipinski definition) is 3. The summed E-state index contributed by atoms with van der Waals surface area (Å²) < 4.78 is 26.1. The Morgan fingerprint density at radius 3 is 2.53 bits per heavy atom. The van der Waals surface area contributed by atoms with E-state index in [0.717, 1.165) is 25.1 Å². The van der Waals surface area contributed by atoms with E-state index in [1.807, 2.05) is 30.3 Å². The SMILES string of the molecule is O=S(=O)(CCC1CNC1)NCc1ccccc1. The van der Waals surface area contributed by atoms with Crippen molar-refractivity contribution in [3.63, 3.8) is 0 Å². The summed E-state index contributed by atoms with van der Waals surface area (Å²) in [5, 5.41) is 3.14. The van der Waals surface area contributed by atoms with E-state index >= 15 is 0 Å². The van der Waals surface area contributed by atoms with E-state index in [9.17, 15) is 8.42 Å². The summed E-state index contributed by atoms with van der Waals surface area (Å²) in [4.78, 5) is 0. The van der Waals surface area contributed by atoms with Crippen LogP contribution in [0.1, 0.15) is 12.0 Å². The van der Waals surface area contributed by atoms with Gasteiger partial charge in [-0.2, -0.15) is 0 Å². The zero-order valence-electron chi connectivity index (χ0n) is 9.72. The number of benzene rings is 1. The van der Waals surface area contributed by atoms with Gasteiger partial charge in [-0.25, -0.2) is 13.1 Å². The lowest BCUT2D eigenvalue weighted by Gasteiger charge is -2.26. The molecule has 0 atom stereocenters. The number of sulfonamides is 1. The molecule has 4 nitrogen and oxygen atoms in total. The van der Waals surface area contributed by atoms with Gasteiger partial charge in [-0.1, -0.05) is 30.3 Å². The van der Waals surface area contributed by atoms with Gasteiger partial charge in [0.05, 0.1) is 5.75 Å². The van der Waals surface area contributed by atoms with E-state index in [1.165, 1.54) is 0 Å². The molecular weight excluding hydrogens is 236 g/mol. The zero-order chi connectivity index (χ0) is 12.1. The van der Waals surface area contributed by atoms with Gasteiger partial charge in [0.15, 0.2) is 0 Å². The molecule has 0 amide bonds. The van der Waals surface area contributed by atoms with Crippen LogP contribution in [0.15, 0.2) is 30.3 Å². The summed E-state index contributed by atoms with van der Waals surface area (Å²) in [6.45, 7) is 2.29. The topological polar surface area (TPSA) is 58.2 Å². The molecule has 0 saturated carbocycles. The summed E-state index contributed by atoms with van der Waals surface area (Å²) in [7, 11) is -3.13. The van der Waals surface area contributed by atoms with Crippen LogP contribution in [0, 0.1) is 5.92 Å². The van der Waals surface area contributed by atoms with Crippen molar-refractivity contribution in [2.45, 2.75) is 13.0 Å². The van der Waals surface area contributed by atoms with Crippen LogP contribution >= 0.6 is 0 Å². The Bertz CT molecular complexity index is 441. The fourth-order valence-corrected chi connectivity index (χ4v) is 2.91. The minimum Gasteiger partial charge on any atom is -0.316 e. The van der Waals surface area contributed by atoms with E-state index < -0.39 is 10.0 Å². The third-order valence-corrected chi connectivity index (χ3v) is 4.36. The molecular formula is C12H18N2O2S. The lowest BCUT2D eigenvalue weighted by atomic mass is 10.0. The van der Waals surface area contributed by atoms with Gasteiger partial charge >= 0.3 is 0 Å². The fourth-order valence-electron chi connectivity index (χ4n) is 1.74. The normalized spacial score (nSPS) is 16.7. The van der Waals surface area contributed by atoms with Crippen LogP contribution < -0.4 is 10.0 Å². The molecule has 0 bridgehead atoms. The maximum atomic E-state index is 11.7. The lowest BCUT2D eigenvalue weighted by molar-refractivity contribution is 0.339. The molecule has 0 radical (unpaired) electrons. The third kappa shape index (κ3) is 4.11. The molecule has 1 saturated heterocycles. The van der Waals surface area contributed by atoms with Gasteiger partial charge in [0.2, 0.25) is 10.0 Å². The average molecular weight is 254 g/mol. The van der Waals surface area contributed by atoms with Gasteiger partial charge < -0.3 is 5.32 Å². The molecule has 1 aromatic carbocycles. The van der Waals surface area contributed by atoms with Crippen molar-refractivity contribution in [1.29, 1.82) is 0 Å². The molecule has 5 heteroatoms. The minimum absolute atomic E-state index is 0.228. The highest BCUT2D eigenvalue weighted by atomic mass is 32.2. The molecule has 1 fully saturated rings. The molecule has 94 valence electrons. The summed E-state index contributed by atoms with van der Waals surface area (Å²) in [5.74, 6) is 0.759. The molecule has 2 rings (SSSR count). The maximum absolute atomic E-state index is 11.7. The van der Waals surface area contributed by atoms with E-state index in [4.69, 9.17) is 0 Å². The van der Waals surface area contributed by atoms with Crippen molar-refractivity contribution in [3.05, 3.63) is 35.9 Å². The molecule has 0 spiro atoms. The summed E-state index contributed by atoms with van der Waals surface area (Å²) >= 11 is 0. The van der Waals surface area contributed by atoms with Crippen molar-refractivity contribution < 1.29 is 8.42 Å². The Labute approximate surface area is 102 Å². The summed E-state index contributed by atoms with van der Waals surface area (Å²) in [5.41, 5.74) is 0.987. The Kier molecular flexibility index (Phi) is 4.15. The molecule has 0 aliphatic carbocycles. The van der Waals surface area contributed by atoms with Crippen molar-refractivity contribution in [3.8, 4) is 0 Å². The second kappa shape index (κ2) is 5.62. The smallest absolute Gasteiger partial charge is 0.211 e. The van der Waals surface area contributed by atoms with Gasteiger partial charge in [-0.3, -0.25) is 0 Å². The first-order chi connectivity index (χ1) is 8.16. The predicted molar refractivity (Wildman–Crippen MR) is 68.0 cm³/mol. The molecule has 1 aliphatic heterocycles. The number of nitrogens with one attached hydrogen (secondary N) is 2. The van der Waals surface area contributed by atoms with Crippen molar-refractivity contribution >= 4 is 10.0 Å². The first-order valence-corrected chi connectivity index (χ1v) is 7.53. The molecule has 1 heterocycles. The Hall–Kier alpha value is -0.910. The molecule has 1 aliphatic rings. The highest BCUT2D eigenvalue weighted by Crippen LogP contribution is 2.09. The second-order valence-corrected chi connectivity index (χ2v) is 6.36. The largest absolute Gasteiger partial charge is 0.316 e. The first-order valence-electron chi connectivity index (χ1n) is 5.88. The van der Waals surface area contributed by atoms with Gasteiger partial charge in [-0.05, 0) is 31.0 Å². The predicted octanol–water partition coefficient (Wildman–Crippen LogP) is 0.715. The minimum atomic E-state index is -3.13. The number of hydrogen-bond donors (Lipinski definition) is 2. The molecule has 2 N–H and O–H groups in total. The number of rotatable bonds is 6. The average Bonchev–Trinajstić information content (AvgIpc) is 2.26. The van der Waals surface area contributed by atoms with Crippen molar-refractivity contribution in [1.82, 2.24) is 10.0 Å². The summed E-state index contributed by atoms with van der Waals surface area (Å²) in [6.07, 6.45) is 0.747. The van der Waals surface area contributed by atoms with Gasteiger partial charge in [0, 0.05) is 6.54 Å². The lowest BCUT2D eigenvalue weighted by Crippen LogP contribution is -2.43. The molecule has 0 unspecified atom stereocenters. The zero-order valence-corrected chi connectivity index (χ0v) is 10.5. The van der Waals surface area contributed by atoms with Gasteiger partial charge in [0.1, 0.15) is 0 Å². The molecule has 17 heavy (non-hydrogen) atoms. The third-order valence-electron chi connectivity index (χ3n) is 3.00. The highest BCUT2D eigenvalue weighted by Gasteiger charge is 2.19. The standard InChI is InChI=1S/C12H18N2O2S/c15-17(16,7-6-12-8-13-9-12)14-10-11-4-2-1-3-5-11/h1-5,12-14H,6-10H2. The van der Waals surface area contributed by atoms with Crippen LogP contribution in [-0.2, 0) is 16.6 Å². The van der Waals surface area contributed by atoms with Crippen molar-refractivity contribution in [2.75, 3.05) is 18.8 Å². The van der Waals surface area contributed by atoms with Gasteiger partial charge in [-0.15, -0.1) is 0 Å². The highest BCUT2D eigenvalue weighted by molar-refractivity contribution is 7.89. The van der Waals surface area contributed by atoms with Gasteiger partial charge in [0.25, 0.3) is 0 Å². The Morgan fingerprint density at radius 2 is 1.94 bits per heavy atom. The Morgan fingerprint density at radius 1 is 1.24 bits per heavy atom. The van der Waals surface area contributed by atoms with E-state index in [-0.39, 0.29) is 5.75 Å². The fraction of sp³-hybridized carbons (Fsp3) is 0.500. The van der Waals surface area contributed by atoms with Crippen LogP contribution in [0.3, 0.4) is 0 Å². The van der Waals surface area contributed by atoms with Crippen molar-refractivity contribution in [2.24, 2.45) is 5.92 Å². The van der Waals surface area contributed by atoms with Crippen LogP contribution in [0.2, 0.25) is 0 Å². The maximum Gasteiger partial charge on any atom is 0.211 e. The van der Waals surface area contributed by atoms with E-state index in [1.54, 1.807) is 0 Å². The summed E-state index contributed by atoms with van der Waals surface area (Å²) in [6, 6.07) is 9.56.